The average Bonchev–Trinajstić information content (AvgIpc) is 2.81. The number of nitrogens with one attached hydrogen (secondary N) is 1. The molecule has 0 fully saturated rings. The van der Waals surface area contributed by atoms with Crippen molar-refractivity contribution in [3.8, 4) is 16.9 Å². The van der Waals surface area contributed by atoms with E-state index in [-0.39, 0.29) is 45.2 Å². The highest BCUT2D eigenvalue weighted by molar-refractivity contribution is 7.89. The first-order valence-electron chi connectivity index (χ1n) is 10.3. The number of sulfonamides is 1. The van der Waals surface area contributed by atoms with Crippen LogP contribution in [-0.2, 0) is 32.3 Å². The molecule has 0 saturated heterocycles. The van der Waals surface area contributed by atoms with E-state index in [0.717, 1.165) is 19.1 Å². The van der Waals surface area contributed by atoms with Crippen molar-refractivity contribution in [2.75, 3.05) is 12.4 Å². The number of hydrogen-bond acceptors (Lipinski definition) is 6. The van der Waals surface area contributed by atoms with Gasteiger partial charge in [-0.05, 0) is 47.0 Å². The largest absolute Gasteiger partial charge is 0.495 e. The van der Waals surface area contributed by atoms with Gasteiger partial charge in [-0.3, -0.25) is 9.59 Å². The van der Waals surface area contributed by atoms with E-state index in [1.165, 1.54) is 55.6 Å². The molecule has 1 amide bonds. The van der Waals surface area contributed by atoms with Crippen molar-refractivity contribution < 1.29 is 40.7 Å². The quantitative estimate of drug-likeness (QED) is 0.445. The molecule has 0 aromatic heterocycles. The summed E-state index contributed by atoms with van der Waals surface area (Å²) in [6, 6.07) is 12.6. The Morgan fingerprint density at radius 3 is 2.31 bits per heavy atom. The molecule has 36 heavy (non-hydrogen) atoms. The summed E-state index contributed by atoms with van der Waals surface area (Å²) >= 11 is 0. The van der Waals surface area contributed by atoms with Crippen LogP contribution in [0.2, 0.25) is 0 Å². The number of carbonyl (C=O) groups is 2. The monoisotopic (exact) mass is 522 g/mol. The molecule has 0 bridgehead atoms. The van der Waals surface area contributed by atoms with Gasteiger partial charge in [0.25, 0.3) is 5.91 Å². The Bertz CT molecular complexity index is 1420. The van der Waals surface area contributed by atoms with Crippen molar-refractivity contribution in [3.63, 3.8) is 0 Å². The van der Waals surface area contributed by atoms with E-state index >= 15 is 0 Å². The highest BCUT2D eigenvalue weighted by Crippen LogP contribution is 2.38. The Morgan fingerprint density at radius 1 is 1.00 bits per heavy atom. The van der Waals surface area contributed by atoms with Gasteiger partial charge in [0.2, 0.25) is 10.0 Å². The first kappa shape index (κ1) is 26.7. The second kappa shape index (κ2) is 10.4. The lowest BCUT2D eigenvalue weighted by Crippen LogP contribution is -2.15. The normalized spacial score (nSPS) is 11.6. The van der Waals surface area contributed by atoms with Gasteiger partial charge in [0.15, 0.2) is 0 Å². The van der Waals surface area contributed by atoms with Gasteiger partial charge >= 0.3 is 12.1 Å². The number of anilines is 1. The third-order valence-corrected chi connectivity index (χ3v) is 6.00. The molecule has 0 heterocycles. The molecule has 0 spiro atoms. The van der Waals surface area contributed by atoms with Crippen LogP contribution >= 0.6 is 0 Å². The maximum absolute atomic E-state index is 13.6. The predicted molar refractivity (Wildman–Crippen MR) is 125 cm³/mol. The topological polar surface area (TPSA) is 125 Å². The van der Waals surface area contributed by atoms with E-state index in [1.807, 2.05) is 0 Å². The standard InChI is InChI=1S/C24H21F3N2O6S/c1-14(30)35-13-16-11-15(7-9-18(16)19-5-3-4-6-20(19)24(25,26)27)23(31)29-17-8-10-22(36(28,32)33)21(12-17)34-2/h3-12H,13H2,1-2H3,(H,29,31)(H2,28,32,33). The minimum atomic E-state index is -4.63. The zero-order chi connectivity index (χ0) is 26.7. The molecule has 3 N–H and O–H groups in total. The molecule has 3 aromatic rings. The lowest BCUT2D eigenvalue weighted by molar-refractivity contribution is -0.142. The second-order valence-electron chi connectivity index (χ2n) is 7.56. The fraction of sp³-hybridized carbons (Fsp3) is 0.167. The summed E-state index contributed by atoms with van der Waals surface area (Å²) in [5, 5.41) is 7.70. The van der Waals surface area contributed by atoms with Crippen molar-refractivity contribution in [1.29, 1.82) is 0 Å². The van der Waals surface area contributed by atoms with Gasteiger partial charge in [-0.2, -0.15) is 13.2 Å². The van der Waals surface area contributed by atoms with Crippen LogP contribution in [0.25, 0.3) is 11.1 Å². The third-order valence-electron chi connectivity index (χ3n) is 5.05. The molecule has 0 aliphatic heterocycles. The number of nitrogens with two attached hydrogens (primary N) is 1. The van der Waals surface area contributed by atoms with E-state index in [4.69, 9.17) is 14.6 Å². The van der Waals surface area contributed by atoms with Crippen LogP contribution in [0.4, 0.5) is 18.9 Å². The first-order chi connectivity index (χ1) is 16.8. The Kier molecular flexibility index (Phi) is 7.70. The summed E-state index contributed by atoms with van der Waals surface area (Å²) < 4.78 is 74.1. The van der Waals surface area contributed by atoms with Gasteiger partial charge in [0.05, 0.1) is 12.7 Å². The van der Waals surface area contributed by atoms with Crippen LogP contribution in [0, 0.1) is 0 Å². The van der Waals surface area contributed by atoms with Crippen LogP contribution in [-0.4, -0.2) is 27.4 Å². The molecule has 0 aliphatic carbocycles. The lowest BCUT2D eigenvalue weighted by atomic mass is 9.93. The van der Waals surface area contributed by atoms with Crippen molar-refractivity contribution in [1.82, 2.24) is 0 Å². The van der Waals surface area contributed by atoms with E-state index in [0.29, 0.717) is 0 Å². The molecular weight excluding hydrogens is 501 g/mol. The highest BCUT2D eigenvalue weighted by Gasteiger charge is 2.34. The van der Waals surface area contributed by atoms with Crippen molar-refractivity contribution >= 4 is 27.6 Å². The molecule has 0 saturated carbocycles. The number of rotatable bonds is 7. The Morgan fingerprint density at radius 2 is 1.69 bits per heavy atom. The number of esters is 1. The number of benzene rings is 3. The molecule has 3 aromatic carbocycles. The van der Waals surface area contributed by atoms with Gasteiger partial charge in [-0.15, -0.1) is 0 Å². The third kappa shape index (κ3) is 6.20. The fourth-order valence-electron chi connectivity index (χ4n) is 3.45. The summed E-state index contributed by atoms with van der Waals surface area (Å²) in [4.78, 5) is 24.0. The van der Waals surface area contributed by atoms with Gasteiger partial charge in [-0.25, -0.2) is 13.6 Å². The number of halogens is 3. The van der Waals surface area contributed by atoms with Gasteiger partial charge in [-0.1, -0.05) is 24.3 Å². The summed E-state index contributed by atoms with van der Waals surface area (Å²) in [5.41, 5.74) is -0.468. The minimum Gasteiger partial charge on any atom is -0.495 e. The Hall–Kier alpha value is -3.90. The SMILES string of the molecule is COc1cc(NC(=O)c2ccc(-c3ccccc3C(F)(F)F)c(COC(C)=O)c2)ccc1S(N)(=O)=O. The number of primary sulfonamides is 1. The molecule has 12 heteroatoms. The van der Waals surface area contributed by atoms with Crippen LogP contribution in [0.5, 0.6) is 5.75 Å². The van der Waals surface area contributed by atoms with Crippen LogP contribution in [0.3, 0.4) is 0 Å². The molecular formula is C24H21F3N2O6S. The zero-order valence-electron chi connectivity index (χ0n) is 19.0. The molecule has 0 radical (unpaired) electrons. The molecule has 8 nitrogen and oxygen atoms in total. The van der Waals surface area contributed by atoms with Gasteiger partial charge in [0.1, 0.15) is 17.3 Å². The maximum Gasteiger partial charge on any atom is 0.417 e. The maximum atomic E-state index is 13.6. The van der Waals surface area contributed by atoms with E-state index < -0.39 is 33.6 Å². The number of carbonyl (C=O) groups excluding carboxylic acids is 2. The van der Waals surface area contributed by atoms with Crippen LogP contribution in [0.15, 0.2) is 65.6 Å². The number of alkyl halides is 3. The molecule has 3 rings (SSSR count). The molecule has 190 valence electrons. The number of hydrogen-bond donors (Lipinski definition) is 2. The predicted octanol–water partition coefficient (Wildman–Crippen LogP) is 4.34. The zero-order valence-corrected chi connectivity index (χ0v) is 19.9. The lowest BCUT2D eigenvalue weighted by Gasteiger charge is -2.17. The number of ether oxygens (including phenoxy) is 2. The van der Waals surface area contributed by atoms with Gasteiger partial charge in [0, 0.05) is 24.2 Å². The second-order valence-corrected chi connectivity index (χ2v) is 9.09. The van der Waals surface area contributed by atoms with E-state index in [9.17, 15) is 31.2 Å². The summed E-state index contributed by atoms with van der Waals surface area (Å²) in [6.07, 6.45) is -4.63. The minimum absolute atomic E-state index is 0.0554. The summed E-state index contributed by atoms with van der Waals surface area (Å²) in [5.74, 6) is -1.40. The summed E-state index contributed by atoms with van der Waals surface area (Å²) in [6.45, 7) is 0.785. The average molecular weight is 523 g/mol. The highest BCUT2D eigenvalue weighted by atomic mass is 32.2. The van der Waals surface area contributed by atoms with Crippen molar-refractivity contribution in [2.45, 2.75) is 24.6 Å². The molecule has 0 unspecified atom stereocenters. The number of amides is 1. The Balaban J connectivity index is 2.00. The molecule has 0 aliphatic rings. The van der Waals surface area contributed by atoms with Crippen LogP contribution < -0.4 is 15.2 Å². The van der Waals surface area contributed by atoms with E-state index in [1.54, 1.807) is 0 Å². The van der Waals surface area contributed by atoms with Crippen molar-refractivity contribution in [2.24, 2.45) is 5.14 Å². The molecule has 0 atom stereocenters. The smallest absolute Gasteiger partial charge is 0.417 e. The Labute approximate surface area is 204 Å². The van der Waals surface area contributed by atoms with Crippen molar-refractivity contribution in [3.05, 3.63) is 77.4 Å². The van der Waals surface area contributed by atoms with Gasteiger partial charge < -0.3 is 14.8 Å². The fourth-order valence-corrected chi connectivity index (χ4v) is 4.13. The summed E-state index contributed by atoms with van der Waals surface area (Å²) in [7, 11) is -2.84. The van der Waals surface area contributed by atoms with Crippen LogP contribution in [0.1, 0.15) is 28.4 Å². The number of methoxy groups -OCH3 is 1. The van der Waals surface area contributed by atoms with E-state index in [2.05, 4.69) is 5.32 Å². The first-order valence-corrected chi connectivity index (χ1v) is 11.8.